The SMILES string of the molecule is CCCc1nc(C(=O)N(CCN2CCN(c3cccc(Cl)c3Cl)CC2)c2ccccc2)c(C)[nH]1. The summed E-state index contributed by atoms with van der Waals surface area (Å²) >= 11 is 12.6. The molecule has 1 fully saturated rings. The Labute approximate surface area is 211 Å². The zero-order valence-corrected chi connectivity index (χ0v) is 21.2. The van der Waals surface area contributed by atoms with Crippen molar-refractivity contribution in [1.29, 1.82) is 0 Å². The average Bonchev–Trinajstić information content (AvgIpc) is 3.22. The zero-order valence-electron chi connectivity index (χ0n) is 19.7. The maximum absolute atomic E-state index is 13.6. The number of aromatic amines is 1. The van der Waals surface area contributed by atoms with Crippen LogP contribution in [0.3, 0.4) is 0 Å². The first-order valence-electron chi connectivity index (χ1n) is 11.8. The van der Waals surface area contributed by atoms with Crippen molar-refractivity contribution < 1.29 is 4.79 Å². The number of hydrogen-bond donors (Lipinski definition) is 1. The molecule has 1 N–H and O–H groups in total. The van der Waals surface area contributed by atoms with Gasteiger partial charge in [-0.05, 0) is 37.6 Å². The van der Waals surface area contributed by atoms with Gasteiger partial charge in [0.25, 0.3) is 5.91 Å². The number of benzene rings is 2. The van der Waals surface area contributed by atoms with Crippen LogP contribution < -0.4 is 9.80 Å². The summed E-state index contributed by atoms with van der Waals surface area (Å²) < 4.78 is 0. The minimum absolute atomic E-state index is 0.0633. The molecule has 0 atom stereocenters. The van der Waals surface area contributed by atoms with Crippen LogP contribution in [0, 0.1) is 6.92 Å². The Bertz CT molecular complexity index is 1110. The Hall–Kier alpha value is -2.54. The van der Waals surface area contributed by atoms with Crippen molar-refractivity contribution in [1.82, 2.24) is 14.9 Å². The van der Waals surface area contributed by atoms with Crippen molar-refractivity contribution in [2.75, 3.05) is 49.1 Å². The second-order valence-electron chi connectivity index (χ2n) is 8.60. The standard InChI is InChI=1S/C26H31Cl2N5O/c1-3-8-23-29-19(2)25(30-23)26(34)33(20-9-5-4-6-10-20)18-15-31-13-16-32(17-14-31)22-12-7-11-21(27)24(22)28/h4-7,9-12H,3,8,13-18H2,1-2H3,(H,29,30). The zero-order chi connectivity index (χ0) is 24.1. The number of carbonyl (C=O) groups is 1. The minimum Gasteiger partial charge on any atom is -0.368 e. The molecule has 34 heavy (non-hydrogen) atoms. The summed E-state index contributed by atoms with van der Waals surface area (Å²) in [6.07, 6.45) is 1.82. The Morgan fingerprint density at radius 3 is 2.50 bits per heavy atom. The predicted molar refractivity (Wildman–Crippen MR) is 141 cm³/mol. The van der Waals surface area contributed by atoms with Crippen LogP contribution in [0.5, 0.6) is 0 Å². The number of amides is 1. The Morgan fingerprint density at radius 2 is 1.79 bits per heavy atom. The molecule has 1 aromatic heterocycles. The summed E-state index contributed by atoms with van der Waals surface area (Å²) in [5.41, 5.74) is 3.19. The highest BCUT2D eigenvalue weighted by molar-refractivity contribution is 6.43. The first kappa shape index (κ1) is 24.6. The quantitative estimate of drug-likeness (QED) is 0.447. The van der Waals surface area contributed by atoms with Gasteiger partial charge in [-0.3, -0.25) is 9.69 Å². The number of H-pyrrole nitrogens is 1. The fourth-order valence-corrected chi connectivity index (χ4v) is 4.78. The van der Waals surface area contributed by atoms with E-state index >= 15 is 0 Å². The molecule has 4 rings (SSSR count). The Kier molecular flexibility index (Phi) is 8.14. The van der Waals surface area contributed by atoms with Crippen LogP contribution in [0.25, 0.3) is 0 Å². The van der Waals surface area contributed by atoms with E-state index in [0.29, 0.717) is 22.3 Å². The van der Waals surface area contributed by atoms with Crippen molar-refractivity contribution in [3.05, 3.63) is 75.8 Å². The number of carbonyl (C=O) groups excluding carboxylic acids is 1. The van der Waals surface area contributed by atoms with E-state index in [-0.39, 0.29) is 5.91 Å². The van der Waals surface area contributed by atoms with Gasteiger partial charge in [-0.1, -0.05) is 54.4 Å². The molecule has 1 saturated heterocycles. The summed E-state index contributed by atoms with van der Waals surface area (Å²) in [7, 11) is 0. The van der Waals surface area contributed by atoms with Gasteiger partial charge < -0.3 is 14.8 Å². The molecule has 180 valence electrons. The van der Waals surface area contributed by atoms with Crippen molar-refractivity contribution >= 4 is 40.5 Å². The molecule has 0 unspecified atom stereocenters. The summed E-state index contributed by atoms with van der Waals surface area (Å²) in [6, 6.07) is 15.6. The average molecular weight is 500 g/mol. The fraction of sp³-hybridized carbons (Fsp3) is 0.385. The molecule has 0 saturated carbocycles. The number of hydrogen-bond acceptors (Lipinski definition) is 4. The number of anilines is 2. The van der Waals surface area contributed by atoms with Crippen LogP contribution in [-0.4, -0.2) is 60.0 Å². The highest BCUT2D eigenvalue weighted by atomic mass is 35.5. The van der Waals surface area contributed by atoms with Gasteiger partial charge in [0.05, 0.1) is 15.7 Å². The van der Waals surface area contributed by atoms with Crippen LogP contribution in [0.1, 0.15) is 35.4 Å². The van der Waals surface area contributed by atoms with Gasteiger partial charge in [-0.25, -0.2) is 4.98 Å². The molecule has 2 aromatic carbocycles. The molecule has 8 heteroatoms. The highest BCUT2D eigenvalue weighted by Crippen LogP contribution is 2.32. The van der Waals surface area contributed by atoms with Crippen molar-refractivity contribution in [2.45, 2.75) is 26.7 Å². The van der Waals surface area contributed by atoms with E-state index in [1.165, 1.54) is 0 Å². The van der Waals surface area contributed by atoms with Gasteiger partial charge in [0.1, 0.15) is 11.5 Å². The van der Waals surface area contributed by atoms with E-state index in [1.807, 2.05) is 60.4 Å². The molecule has 1 aliphatic heterocycles. The summed E-state index contributed by atoms with van der Waals surface area (Å²) in [4.78, 5) is 27.9. The van der Waals surface area contributed by atoms with Crippen LogP contribution in [0.15, 0.2) is 48.5 Å². The van der Waals surface area contributed by atoms with Crippen molar-refractivity contribution in [3.8, 4) is 0 Å². The van der Waals surface area contributed by atoms with Gasteiger partial charge in [0.15, 0.2) is 0 Å². The summed E-state index contributed by atoms with van der Waals surface area (Å²) in [6.45, 7) is 8.90. The first-order valence-corrected chi connectivity index (χ1v) is 12.6. The van der Waals surface area contributed by atoms with Crippen molar-refractivity contribution in [2.24, 2.45) is 0 Å². The van der Waals surface area contributed by atoms with Gasteiger partial charge >= 0.3 is 0 Å². The highest BCUT2D eigenvalue weighted by Gasteiger charge is 2.25. The van der Waals surface area contributed by atoms with E-state index in [1.54, 1.807) is 0 Å². The summed E-state index contributed by atoms with van der Waals surface area (Å²) in [5.74, 6) is 0.804. The Morgan fingerprint density at radius 1 is 1.06 bits per heavy atom. The number of aromatic nitrogens is 2. The molecular weight excluding hydrogens is 469 g/mol. The molecule has 0 spiro atoms. The number of nitrogens with zero attached hydrogens (tertiary/aromatic N) is 4. The van der Waals surface area contributed by atoms with Gasteiger partial charge in [0, 0.05) is 57.1 Å². The molecule has 3 aromatic rings. The third-order valence-corrected chi connectivity index (χ3v) is 7.03. The second kappa shape index (κ2) is 11.3. The maximum atomic E-state index is 13.6. The lowest BCUT2D eigenvalue weighted by atomic mass is 10.2. The van der Waals surface area contributed by atoms with E-state index in [4.69, 9.17) is 23.2 Å². The number of para-hydroxylation sites is 1. The summed E-state index contributed by atoms with van der Waals surface area (Å²) in [5, 5.41) is 1.18. The Balaban J connectivity index is 1.43. The molecule has 6 nitrogen and oxygen atoms in total. The van der Waals surface area contributed by atoms with E-state index < -0.39 is 0 Å². The molecule has 0 radical (unpaired) electrons. The number of halogens is 2. The van der Waals surface area contributed by atoms with Crippen LogP contribution in [0.2, 0.25) is 10.0 Å². The van der Waals surface area contributed by atoms with Gasteiger partial charge in [-0.15, -0.1) is 0 Å². The molecule has 1 amide bonds. The largest absolute Gasteiger partial charge is 0.368 e. The van der Waals surface area contributed by atoms with E-state index in [2.05, 4.69) is 26.7 Å². The molecule has 0 bridgehead atoms. The van der Waals surface area contributed by atoms with Crippen LogP contribution >= 0.6 is 23.2 Å². The number of aryl methyl sites for hydroxylation is 2. The number of nitrogens with one attached hydrogen (secondary N) is 1. The topological polar surface area (TPSA) is 55.5 Å². The maximum Gasteiger partial charge on any atom is 0.278 e. The van der Waals surface area contributed by atoms with Gasteiger partial charge in [0.2, 0.25) is 0 Å². The first-order chi connectivity index (χ1) is 16.5. The molecular formula is C26H31Cl2N5O. The lowest BCUT2D eigenvalue weighted by Gasteiger charge is -2.37. The van der Waals surface area contributed by atoms with Crippen molar-refractivity contribution in [3.63, 3.8) is 0 Å². The number of piperazine rings is 1. The smallest absolute Gasteiger partial charge is 0.278 e. The molecule has 0 aliphatic carbocycles. The fourth-order valence-electron chi connectivity index (χ4n) is 4.36. The lowest BCUT2D eigenvalue weighted by Crippen LogP contribution is -2.49. The van der Waals surface area contributed by atoms with Crippen LogP contribution in [0.4, 0.5) is 11.4 Å². The monoisotopic (exact) mass is 499 g/mol. The normalized spacial score (nSPS) is 14.4. The van der Waals surface area contributed by atoms with Crippen LogP contribution in [-0.2, 0) is 6.42 Å². The predicted octanol–water partition coefficient (Wildman–Crippen LogP) is 5.45. The third-order valence-electron chi connectivity index (χ3n) is 6.22. The molecule has 1 aliphatic rings. The third kappa shape index (κ3) is 5.57. The number of imidazole rings is 1. The van der Waals surface area contributed by atoms with E-state index in [0.717, 1.165) is 68.5 Å². The molecule has 2 heterocycles. The van der Waals surface area contributed by atoms with Gasteiger partial charge in [-0.2, -0.15) is 0 Å². The lowest BCUT2D eigenvalue weighted by molar-refractivity contribution is 0.0978. The van der Waals surface area contributed by atoms with E-state index in [9.17, 15) is 4.79 Å². The second-order valence-corrected chi connectivity index (χ2v) is 9.39. The minimum atomic E-state index is -0.0633. The number of rotatable bonds is 8.